The Morgan fingerprint density at radius 2 is 1.93 bits per heavy atom. The number of likely N-dealkylation sites (tertiary alicyclic amines) is 1. The van der Waals surface area contributed by atoms with Crippen molar-refractivity contribution in [2.75, 3.05) is 13.1 Å². The Balaban J connectivity index is 1.53. The van der Waals surface area contributed by atoms with Gasteiger partial charge in [-0.1, -0.05) is 51.8 Å². The minimum atomic E-state index is 0.146. The molecule has 0 saturated carbocycles. The molecule has 1 saturated heterocycles. The van der Waals surface area contributed by atoms with Gasteiger partial charge in [-0.05, 0) is 88.7 Å². The van der Waals surface area contributed by atoms with Crippen LogP contribution < -0.4 is 0 Å². The van der Waals surface area contributed by atoms with Gasteiger partial charge in [0.25, 0.3) is 0 Å². The summed E-state index contributed by atoms with van der Waals surface area (Å²) in [6.07, 6.45) is 4.71. The van der Waals surface area contributed by atoms with Gasteiger partial charge in [0.15, 0.2) is 5.78 Å². The first-order valence-electron chi connectivity index (χ1n) is 10.0. The molecule has 0 N–H and O–H groups in total. The molecule has 1 fully saturated rings. The number of piperidine rings is 1. The van der Waals surface area contributed by atoms with E-state index in [-0.39, 0.29) is 5.78 Å². The van der Waals surface area contributed by atoms with Gasteiger partial charge in [-0.25, -0.2) is 0 Å². The number of carbonyl (C=O) groups excluding carboxylic acids is 1. The Kier molecular flexibility index (Phi) is 6.88. The van der Waals surface area contributed by atoms with Gasteiger partial charge in [-0.3, -0.25) is 4.79 Å². The first-order valence-corrected chi connectivity index (χ1v) is 10.8. The first kappa shape index (κ1) is 20.3. The largest absolute Gasteiger partial charge is 0.300 e. The molecular formula is C24H30BrNO. The van der Waals surface area contributed by atoms with Crippen LogP contribution in [0.1, 0.15) is 53.7 Å². The smallest absolute Gasteiger partial charge is 0.159 e. The highest BCUT2D eigenvalue weighted by Crippen LogP contribution is 2.27. The maximum Gasteiger partial charge on any atom is 0.159 e. The third-order valence-electron chi connectivity index (χ3n) is 5.85. The van der Waals surface area contributed by atoms with Gasteiger partial charge in [0, 0.05) is 16.1 Å². The zero-order valence-corrected chi connectivity index (χ0v) is 18.3. The van der Waals surface area contributed by atoms with Crippen molar-refractivity contribution in [3.8, 4) is 0 Å². The molecule has 1 atom stereocenters. The van der Waals surface area contributed by atoms with Crippen molar-refractivity contribution in [2.45, 2.75) is 52.5 Å². The Morgan fingerprint density at radius 1 is 1.19 bits per heavy atom. The Hall–Kier alpha value is -1.45. The van der Waals surface area contributed by atoms with Crippen molar-refractivity contribution >= 4 is 21.7 Å². The fourth-order valence-corrected chi connectivity index (χ4v) is 4.56. The minimum absolute atomic E-state index is 0.146. The van der Waals surface area contributed by atoms with Gasteiger partial charge in [0.05, 0.1) is 0 Å². The van der Waals surface area contributed by atoms with Crippen LogP contribution >= 0.6 is 15.9 Å². The lowest BCUT2D eigenvalue weighted by Gasteiger charge is -2.36. The summed E-state index contributed by atoms with van der Waals surface area (Å²) in [4.78, 5) is 14.2. The molecule has 2 nitrogen and oxygen atoms in total. The summed E-state index contributed by atoms with van der Waals surface area (Å²) in [6.45, 7) is 8.46. The number of nitrogens with zero attached hydrogens (tertiary/aromatic N) is 1. The maximum atomic E-state index is 11.6. The standard InChI is InChI=1S/C24H30BrNO/c1-17-7-8-24(25)23(13-17)15-20-9-11-26(12-10-20)18(2)14-21-5-4-6-22(16-21)19(3)27/h4-8,13,16,18,20H,9-12,14-15H2,1-3H3. The van der Waals surface area contributed by atoms with E-state index in [1.165, 1.54) is 53.5 Å². The topological polar surface area (TPSA) is 20.3 Å². The van der Waals surface area contributed by atoms with Crippen LogP contribution in [0.25, 0.3) is 0 Å². The lowest BCUT2D eigenvalue weighted by Crippen LogP contribution is -2.41. The average molecular weight is 428 g/mol. The zero-order chi connectivity index (χ0) is 19.4. The Morgan fingerprint density at radius 3 is 2.63 bits per heavy atom. The summed E-state index contributed by atoms with van der Waals surface area (Å²) in [5.41, 5.74) is 4.87. The highest BCUT2D eigenvalue weighted by molar-refractivity contribution is 9.10. The molecule has 0 radical (unpaired) electrons. The summed E-state index contributed by atoms with van der Waals surface area (Å²) >= 11 is 3.71. The monoisotopic (exact) mass is 427 g/mol. The lowest BCUT2D eigenvalue weighted by atomic mass is 9.89. The van der Waals surface area contributed by atoms with E-state index in [2.05, 4.69) is 65.0 Å². The van der Waals surface area contributed by atoms with Crippen molar-refractivity contribution in [2.24, 2.45) is 5.92 Å². The second kappa shape index (κ2) is 9.16. The van der Waals surface area contributed by atoms with Gasteiger partial charge >= 0.3 is 0 Å². The van der Waals surface area contributed by atoms with Crippen molar-refractivity contribution in [1.82, 2.24) is 4.90 Å². The van der Waals surface area contributed by atoms with E-state index in [4.69, 9.17) is 0 Å². The number of aryl methyl sites for hydroxylation is 1. The van der Waals surface area contributed by atoms with E-state index in [1.54, 1.807) is 6.92 Å². The molecule has 2 aromatic rings. The number of halogens is 1. The minimum Gasteiger partial charge on any atom is -0.300 e. The van der Waals surface area contributed by atoms with E-state index >= 15 is 0 Å². The third kappa shape index (κ3) is 5.52. The van der Waals surface area contributed by atoms with Crippen LogP contribution in [-0.4, -0.2) is 29.8 Å². The zero-order valence-electron chi connectivity index (χ0n) is 16.7. The van der Waals surface area contributed by atoms with Crippen molar-refractivity contribution in [3.63, 3.8) is 0 Å². The predicted octanol–water partition coefficient (Wildman–Crippen LogP) is 5.85. The summed E-state index contributed by atoms with van der Waals surface area (Å²) in [7, 11) is 0. The number of carbonyl (C=O) groups is 1. The number of hydrogen-bond donors (Lipinski definition) is 0. The highest BCUT2D eigenvalue weighted by Gasteiger charge is 2.23. The number of rotatable bonds is 6. The second-order valence-corrected chi connectivity index (χ2v) is 8.94. The molecule has 0 spiro atoms. The van der Waals surface area contributed by atoms with E-state index in [9.17, 15) is 4.79 Å². The summed E-state index contributed by atoms with van der Waals surface area (Å²) < 4.78 is 1.24. The normalized spacial score (nSPS) is 17.0. The first-order chi connectivity index (χ1) is 12.9. The summed E-state index contributed by atoms with van der Waals surface area (Å²) in [6, 6.07) is 15.3. The molecule has 2 aromatic carbocycles. The molecule has 0 aromatic heterocycles. The van der Waals surface area contributed by atoms with Crippen molar-refractivity contribution in [3.05, 3.63) is 69.2 Å². The predicted molar refractivity (Wildman–Crippen MR) is 116 cm³/mol. The second-order valence-electron chi connectivity index (χ2n) is 8.09. The lowest BCUT2D eigenvalue weighted by molar-refractivity contribution is 0.101. The molecule has 1 heterocycles. The molecule has 1 aliphatic heterocycles. The maximum absolute atomic E-state index is 11.6. The average Bonchev–Trinajstić information content (AvgIpc) is 2.65. The number of benzene rings is 2. The van der Waals surface area contributed by atoms with Crippen LogP contribution in [-0.2, 0) is 12.8 Å². The van der Waals surface area contributed by atoms with Crippen LogP contribution in [0.15, 0.2) is 46.9 Å². The molecule has 0 bridgehead atoms. The third-order valence-corrected chi connectivity index (χ3v) is 6.62. The van der Waals surface area contributed by atoms with Crippen LogP contribution in [0.5, 0.6) is 0 Å². The number of ketones is 1. The van der Waals surface area contributed by atoms with E-state index in [0.29, 0.717) is 6.04 Å². The van der Waals surface area contributed by atoms with Crippen LogP contribution in [0.4, 0.5) is 0 Å². The number of Topliss-reactive ketones (excluding diaryl/α,β-unsaturated/α-hetero) is 1. The SMILES string of the molecule is CC(=O)c1cccc(CC(C)N2CCC(Cc3cc(C)ccc3Br)CC2)c1. The fourth-order valence-electron chi connectivity index (χ4n) is 4.16. The molecule has 0 amide bonds. The van der Waals surface area contributed by atoms with Crippen molar-refractivity contribution in [1.29, 1.82) is 0 Å². The van der Waals surface area contributed by atoms with E-state index in [1.807, 2.05) is 12.1 Å². The van der Waals surface area contributed by atoms with Crippen molar-refractivity contribution < 1.29 is 4.79 Å². The van der Waals surface area contributed by atoms with Gasteiger partial charge in [0.2, 0.25) is 0 Å². The quantitative estimate of drug-likeness (QED) is 0.539. The van der Waals surface area contributed by atoms with Gasteiger partial charge in [-0.15, -0.1) is 0 Å². The molecule has 0 aliphatic carbocycles. The highest BCUT2D eigenvalue weighted by atomic mass is 79.9. The summed E-state index contributed by atoms with van der Waals surface area (Å²) in [5, 5.41) is 0. The summed E-state index contributed by atoms with van der Waals surface area (Å²) in [5.74, 6) is 0.917. The molecule has 3 heteroatoms. The molecule has 27 heavy (non-hydrogen) atoms. The Bertz CT molecular complexity index is 793. The Labute approximate surface area is 172 Å². The number of hydrogen-bond acceptors (Lipinski definition) is 2. The molecule has 1 unspecified atom stereocenters. The van der Waals surface area contributed by atoms with Gasteiger partial charge in [0.1, 0.15) is 0 Å². The van der Waals surface area contributed by atoms with E-state index in [0.717, 1.165) is 17.9 Å². The molecule has 1 aliphatic rings. The van der Waals surface area contributed by atoms with Gasteiger partial charge < -0.3 is 4.90 Å². The van der Waals surface area contributed by atoms with Gasteiger partial charge in [-0.2, -0.15) is 0 Å². The van der Waals surface area contributed by atoms with Crippen LogP contribution in [0.3, 0.4) is 0 Å². The van der Waals surface area contributed by atoms with E-state index < -0.39 is 0 Å². The molecule has 3 rings (SSSR count). The van der Waals surface area contributed by atoms with Crippen LogP contribution in [0.2, 0.25) is 0 Å². The fraction of sp³-hybridized carbons (Fsp3) is 0.458. The molecular weight excluding hydrogens is 398 g/mol. The van der Waals surface area contributed by atoms with Crippen LogP contribution in [0, 0.1) is 12.8 Å². The molecule has 144 valence electrons.